The van der Waals surface area contributed by atoms with Gasteiger partial charge in [-0.1, -0.05) is 12.1 Å². The molecule has 2 N–H and O–H groups in total. The maximum absolute atomic E-state index is 11.8. The second kappa shape index (κ2) is 4.33. The minimum atomic E-state index is -1.01. The van der Waals surface area contributed by atoms with Crippen molar-refractivity contribution in [1.29, 1.82) is 0 Å². The van der Waals surface area contributed by atoms with Gasteiger partial charge < -0.3 is 15.2 Å². The zero-order valence-corrected chi connectivity index (χ0v) is 10.3. The van der Waals surface area contributed by atoms with Crippen molar-refractivity contribution in [3.8, 4) is 5.75 Å². The smallest absolute Gasteiger partial charge is 0.309 e. The summed E-state index contributed by atoms with van der Waals surface area (Å²) in [6, 6.07) is 7.08. The Labute approximate surface area is 105 Å². The van der Waals surface area contributed by atoms with Gasteiger partial charge in [-0.25, -0.2) is 0 Å². The Morgan fingerprint density at radius 3 is 2.78 bits per heavy atom. The Kier molecular flexibility index (Phi) is 2.98. The maximum atomic E-state index is 11.8. The zero-order chi connectivity index (χ0) is 13.3. The molecule has 96 valence electrons. The first-order chi connectivity index (χ1) is 8.40. The third kappa shape index (κ3) is 2.30. The Bertz CT molecular complexity index is 496. The van der Waals surface area contributed by atoms with Crippen LogP contribution in [-0.2, 0) is 9.59 Å². The first-order valence-electron chi connectivity index (χ1n) is 5.70. The summed E-state index contributed by atoms with van der Waals surface area (Å²) in [4.78, 5) is 22.9. The van der Waals surface area contributed by atoms with E-state index in [1.165, 1.54) is 0 Å². The molecule has 1 heterocycles. The average Bonchev–Trinajstić information content (AvgIpc) is 2.29. The number of carbonyl (C=O) groups is 2. The number of benzene rings is 1. The third-order valence-corrected chi connectivity index (χ3v) is 2.98. The van der Waals surface area contributed by atoms with E-state index in [2.05, 4.69) is 5.32 Å². The van der Waals surface area contributed by atoms with E-state index < -0.39 is 17.5 Å². The normalized spacial score (nSPS) is 18.6. The van der Waals surface area contributed by atoms with Gasteiger partial charge >= 0.3 is 5.97 Å². The van der Waals surface area contributed by atoms with E-state index in [1.807, 2.05) is 0 Å². The number of carboxylic acid groups (broad SMARTS) is 1. The summed E-state index contributed by atoms with van der Waals surface area (Å²) < 4.78 is 5.55. The number of hydrogen-bond acceptors (Lipinski definition) is 3. The molecule has 1 aromatic rings. The minimum absolute atomic E-state index is 0.127. The van der Waals surface area contributed by atoms with Gasteiger partial charge in [0.25, 0.3) is 5.91 Å². The summed E-state index contributed by atoms with van der Waals surface area (Å²) in [6.07, 6.45) is -0.645. The van der Waals surface area contributed by atoms with E-state index in [-0.39, 0.29) is 12.3 Å². The topological polar surface area (TPSA) is 75.6 Å². The lowest BCUT2D eigenvalue weighted by Crippen LogP contribution is -2.42. The molecule has 0 bridgehead atoms. The number of anilines is 1. The fourth-order valence-electron chi connectivity index (χ4n) is 1.78. The average molecular weight is 249 g/mol. The van der Waals surface area contributed by atoms with Crippen LogP contribution in [0.25, 0.3) is 0 Å². The lowest BCUT2D eigenvalue weighted by Gasteiger charge is -2.30. The summed E-state index contributed by atoms with van der Waals surface area (Å²) in [6.45, 7) is 3.15. The Hall–Kier alpha value is -2.04. The van der Waals surface area contributed by atoms with E-state index >= 15 is 0 Å². The fourth-order valence-corrected chi connectivity index (χ4v) is 1.78. The van der Waals surface area contributed by atoms with Crippen molar-refractivity contribution in [2.75, 3.05) is 5.32 Å². The lowest BCUT2D eigenvalue weighted by atomic mass is 9.86. The van der Waals surface area contributed by atoms with Crippen molar-refractivity contribution < 1.29 is 19.4 Å². The molecule has 0 aromatic heterocycles. The molecule has 18 heavy (non-hydrogen) atoms. The fraction of sp³-hybridized carbons (Fsp3) is 0.385. The van der Waals surface area contributed by atoms with E-state index in [4.69, 9.17) is 9.84 Å². The van der Waals surface area contributed by atoms with Crippen LogP contribution < -0.4 is 10.1 Å². The molecule has 0 saturated heterocycles. The highest BCUT2D eigenvalue weighted by molar-refractivity contribution is 5.98. The van der Waals surface area contributed by atoms with Crippen molar-refractivity contribution >= 4 is 17.6 Å². The molecule has 1 aliphatic rings. The zero-order valence-electron chi connectivity index (χ0n) is 10.3. The van der Waals surface area contributed by atoms with Crippen molar-refractivity contribution in [2.45, 2.75) is 26.4 Å². The second-order valence-electron chi connectivity index (χ2n) is 4.99. The van der Waals surface area contributed by atoms with Crippen molar-refractivity contribution in [3.63, 3.8) is 0 Å². The quantitative estimate of drug-likeness (QED) is 0.857. The van der Waals surface area contributed by atoms with Crippen molar-refractivity contribution in [3.05, 3.63) is 24.3 Å². The summed E-state index contributed by atoms with van der Waals surface area (Å²) in [7, 11) is 0. The van der Waals surface area contributed by atoms with E-state index in [0.29, 0.717) is 11.4 Å². The standard InChI is InChI=1S/C13H15NO4/c1-13(2,12(16)17)7-10-11(15)14-8-5-3-4-6-9(8)18-10/h3-6,10H,7H2,1-2H3,(H,14,15)(H,16,17). The predicted octanol–water partition coefficient (Wildman–Crippen LogP) is 1.89. The molecule has 0 aliphatic carbocycles. The number of rotatable bonds is 3. The monoisotopic (exact) mass is 249 g/mol. The number of hydrogen-bond donors (Lipinski definition) is 2. The molecule has 2 rings (SSSR count). The molecule has 0 fully saturated rings. The number of fused-ring (bicyclic) bond motifs is 1. The van der Waals surface area contributed by atoms with Crippen LogP contribution in [0.1, 0.15) is 20.3 Å². The Morgan fingerprint density at radius 1 is 1.44 bits per heavy atom. The first kappa shape index (κ1) is 12.4. The second-order valence-corrected chi connectivity index (χ2v) is 4.99. The van der Waals surface area contributed by atoms with Crippen LogP contribution in [0.3, 0.4) is 0 Å². The molecular weight excluding hydrogens is 234 g/mol. The van der Waals surface area contributed by atoms with Crippen molar-refractivity contribution in [2.24, 2.45) is 5.41 Å². The lowest BCUT2D eigenvalue weighted by molar-refractivity contribution is -0.149. The van der Waals surface area contributed by atoms with Crippen LogP contribution in [0.15, 0.2) is 24.3 Å². The van der Waals surface area contributed by atoms with E-state index in [1.54, 1.807) is 38.1 Å². The van der Waals surface area contributed by atoms with E-state index in [9.17, 15) is 9.59 Å². The number of para-hydroxylation sites is 2. The largest absolute Gasteiger partial charge is 0.481 e. The number of nitrogens with one attached hydrogen (secondary N) is 1. The van der Waals surface area contributed by atoms with Crippen LogP contribution in [0.5, 0.6) is 5.75 Å². The maximum Gasteiger partial charge on any atom is 0.309 e. The third-order valence-electron chi connectivity index (χ3n) is 2.98. The van der Waals surface area contributed by atoms with Crippen LogP contribution in [0.2, 0.25) is 0 Å². The number of carbonyl (C=O) groups excluding carboxylic acids is 1. The highest BCUT2D eigenvalue weighted by atomic mass is 16.5. The summed E-state index contributed by atoms with van der Waals surface area (Å²) >= 11 is 0. The molecule has 1 amide bonds. The highest BCUT2D eigenvalue weighted by Gasteiger charge is 2.37. The van der Waals surface area contributed by atoms with Gasteiger partial charge in [-0.3, -0.25) is 9.59 Å². The highest BCUT2D eigenvalue weighted by Crippen LogP contribution is 2.33. The number of carboxylic acids is 1. The molecule has 5 nitrogen and oxygen atoms in total. The van der Waals surface area contributed by atoms with Crippen LogP contribution >= 0.6 is 0 Å². The molecule has 1 aliphatic heterocycles. The molecular formula is C13H15NO4. The molecule has 0 spiro atoms. The number of aliphatic carboxylic acids is 1. The van der Waals surface area contributed by atoms with Gasteiger partial charge in [-0.05, 0) is 26.0 Å². The van der Waals surface area contributed by atoms with Gasteiger partial charge in [-0.15, -0.1) is 0 Å². The summed E-state index contributed by atoms with van der Waals surface area (Å²) in [5, 5.41) is 11.8. The predicted molar refractivity (Wildman–Crippen MR) is 65.5 cm³/mol. The van der Waals surface area contributed by atoms with Crippen LogP contribution in [-0.4, -0.2) is 23.1 Å². The SMILES string of the molecule is CC(C)(CC1Oc2ccccc2NC1=O)C(=O)O. The Balaban J connectivity index is 2.18. The van der Waals surface area contributed by atoms with Gasteiger partial charge in [0, 0.05) is 6.42 Å². The van der Waals surface area contributed by atoms with Gasteiger partial charge in [0.05, 0.1) is 11.1 Å². The molecule has 5 heteroatoms. The Morgan fingerprint density at radius 2 is 2.11 bits per heavy atom. The molecule has 1 unspecified atom stereocenters. The van der Waals surface area contributed by atoms with Crippen molar-refractivity contribution in [1.82, 2.24) is 0 Å². The minimum Gasteiger partial charge on any atom is -0.481 e. The van der Waals surface area contributed by atoms with Crippen LogP contribution in [0.4, 0.5) is 5.69 Å². The molecule has 1 atom stereocenters. The molecule has 0 saturated carbocycles. The molecule has 1 aromatic carbocycles. The van der Waals surface area contributed by atoms with Crippen LogP contribution in [0, 0.1) is 5.41 Å². The van der Waals surface area contributed by atoms with Gasteiger partial charge in [0.2, 0.25) is 0 Å². The summed E-state index contributed by atoms with van der Waals surface area (Å²) in [5.74, 6) is -0.677. The van der Waals surface area contributed by atoms with E-state index in [0.717, 1.165) is 0 Å². The van der Waals surface area contributed by atoms with Gasteiger partial charge in [0.1, 0.15) is 5.75 Å². The molecule has 0 radical (unpaired) electrons. The number of ether oxygens (including phenoxy) is 1. The number of amides is 1. The first-order valence-corrected chi connectivity index (χ1v) is 5.70. The van der Waals surface area contributed by atoms with Gasteiger partial charge in [0.15, 0.2) is 6.10 Å². The summed E-state index contributed by atoms with van der Waals surface area (Å²) in [5.41, 5.74) is -0.388. The van der Waals surface area contributed by atoms with Gasteiger partial charge in [-0.2, -0.15) is 0 Å².